The van der Waals surface area contributed by atoms with Crippen molar-refractivity contribution in [2.75, 3.05) is 39.1 Å². The molecule has 0 unspecified atom stereocenters. The van der Waals surface area contributed by atoms with Crippen LogP contribution in [0.2, 0.25) is 4.34 Å². The second-order valence-corrected chi connectivity index (χ2v) is 11.0. The third-order valence-corrected chi connectivity index (χ3v) is 7.98. The van der Waals surface area contributed by atoms with E-state index in [1.807, 2.05) is 24.1 Å². The molecule has 1 aliphatic rings. The van der Waals surface area contributed by atoms with Gasteiger partial charge < -0.3 is 10.1 Å². The molecular formula is C20H26ClN3O4S2. The minimum Gasteiger partial charge on any atom is -0.495 e. The molecule has 2 aromatic rings. The molecule has 1 aromatic carbocycles. The Hall–Kier alpha value is -1.65. The van der Waals surface area contributed by atoms with Gasteiger partial charge in [-0.25, -0.2) is 8.42 Å². The van der Waals surface area contributed by atoms with Crippen molar-refractivity contribution in [3.63, 3.8) is 0 Å². The Kier molecular flexibility index (Phi) is 7.75. The van der Waals surface area contributed by atoms with E-state index in [2.05, 4.69) is 5.32 Å². The van der Waals surface area contributed by atoms with Crippen LogP contribution in [0, 0.1) is 0 Å². The summed E-state index contributed by atoms with van der Waals surface area (Å²) in [6.45, 7) is 1.77. The summed E-state index contributed by atoms with van der Waals surface area (Å²) in [5, 5.41) is 2.79. The number of methoxy groups -OCH3 is 1. The third kappa shape index (κ3) is 5.73. The number of thiophene rings is 1. The minimum absolute atomic E-state index is 0.141. The Morgan fingerprint density at radius 2 is 1.97 bits per heavy atom. The number of piperidine rings is 1. The monoisotopic (exact) mass is 471 g/mol. The summed E-state index contributed by atoms with van der Waals surface area (Å²) in [4.78, 5) is 15.6. The maximum Gasteiger partial charge on any atom is 0.243 e. The highest BCUT2D eigenvalue weighted by molar-refractivity contribution is 7.89. The molecule has 0 spiro atoms. The molecule has 1 N–H and O–H groups in total. The molecule has 10 heteroatoms. The fourth-order valence-corrected chi connectivity index (χ4v) is 6.10. The molecule has 1 fully saturated rings. The molecular weight excluding hydrogens is 446 g/mol. The Morgan fingerprint density at radius 3 is 2.60 bits per heavy atom. The van der Waals surface area contributed by atoms with E-state index in [4.69, 9.17) is 16.3 Å². The van der Waals surface area contributed by atoms with Gasteiger partial charge in [0.1, 0.15) is 5.75 Å². The van der Waals surface area contributed by atoms with E-state index in [1.165, 1.54) is 34.9 Å². The van der Waals surface area contributed by atoms with E-state index in [9.17, 15) is 13.2 Å². The highest BCUT2D eigenvalue weighted by atomic mass is 35.5. The van der Waals surface area contributed by atoms with Crippen molar-refractivity contribution in [1.29, 1.82) is 0 Å². The number of nitrogens with one attached hydrogen (secondary N) is 1. The lowest BCUT2D eigenvalue weighted by Gasteiger charge is -2.26. The molecule has 0 atom stereocenters. The molecule has 1 aliphatic heterocycles. The number of benzene rings is 1. The van der Waals surface area contributed by atoms with Crippen LogP contribution in [0.1, 0.15) is 24.1 Å². The zero-order chi connectivity index (χ0) is 21.7. The topological polar surface area (TPSA) is 79.0 Å². The van der Waals surface area contributed by atoms with Crippen LogP contribution < -0.4 is 10.1 Å². The summed E-state index contributed by atoms with van der Waals surface area (Å²) in [5.41, 5.74) is 0.341. The number of halogens is 1. The number of rotatable bonds is 8. The first-order chi connectivity index (χ1) is 14.3. The van der Waals surface area contributed by atoms with Crippen molar-refractivity contribution in [3.8, 4) is 5.75 Å². The van der Waals surface area contributed by atoms with Crippen molar-refractivity contribution in [3.05, 3.63) is 39.5 Å². The molecule has 1 saturated heterocycles. The Labute approximate surface area is 186 Å². The van der Waals surface area contributed by atoms with Crippen LogP contribution in [0.3, 0.4) is 0 Å². The molecule has 3 rings (SSSR count). The summed E-state index contributed by atoms with van der Waals surface area (Å²) in [6, 6.07) is 8.32. The van der Waals surface area contributed by atoms with E-state index in [0.29, 0.717) is 35.4 Å². The summed E-state index contributed by atoms with van der Waals surface area (Å²) in [6.07, 6.45) is 2.77. The lowest BCUT2D eigenvalue weighted by molar-refractivity contribution is -0.117. The molecule has 1 aromatic heterocycles. The second-order valence-electron chi connectivity index (χ2n) is 7.25. The zero-order valence-electron chi connectivity index (χ0n) is 17.1. The molecule has 0 aliphatic carbocycles. The lowest BCUT2D eigenvalue weighted by atomic mass is 10.2. The van der Waals surface area contributed by atoms with Gasteiger partial charge in [0.05, 0.1) is 28.6 Å². The summed E-state index contributed by atoms with van der Waals surface area (Å²) in [7, 11) is -0.284. The molecule has 30 heavy (non-hydrogen) atoms. The van der Waals surface area contributed by atoms with E-state index < -0.39 is 10.0 Å². The number of hydrogen-bond acceptors (Lipinski definition) is 6. The number of hydrogen-bond donors (Lipinski definition) is 1. The minimum atomic E-state index is -3.60. The van der Waals surface area contributed by atoms with E-state index in [1.54, 1.807) is 6.07 Å². The average Bonchev–Trinajstić information content (AvgIpc) is 3.12. The van der Waals surface area contributed by atoms with Gasteiger partial charge in [0, 0.05) is 24.5 Å². The van der Waals surface area contributed by atoms with Gasteiger partial charge in [-0.1, -0.05) is 18.0 Å². The van der Waals surface area contributed by atoms with Gasteiger partial charge in [-0.05, 0) is 50.2 Å². The van der Waals surface area contributed by atoms with Crippen LogP contribution in [-0.4, -0.2) is 57.3 Å². The van der Waals surface area contributed by atoms with Crippen LogP contribution in [0.5, 0.6) is 5.75 Å². The summed E-state index contributed by atoms with van der Waals surface area (Å²) in [5.74, 6) is 0.152. The van der Waals surface area contributed by atoms with E-state index in [-0.39, 0.29) is 17.3 Å². The first-order valence-electron chi connectivity index (χ1n) is 9.70. The molecule has 2 heterocycles. The van der Waals surface area contributed by atoms with Crippen molar-refractivity contribution < 1.29 is 17.9 Å². The fourth-order valence-electron chi connectivity index (χ4n) is 3.39. The normalized spacial score (nSPS) is 15.3. The van der Waals surface area contributed by atoms with E-state index in [0.717, 1.165) is 24.1 Å². The van der Waals surface area contributed by atoms with Crippen LogP contribution in [0.15, 0.2) is 35.2 Å². The summed E-state index contributed by atoms with van der Waals surface area (Å²) < 4.78 is 33.4. The number of carbonyl (C=O) groups excluding carboxylic acids is 1. The van der Waals surface area contributed by atoms with Gasteiger partial charge in [-0.15, -0.1) is 11.3 Å². The third-order valence-electron chi connectivity index (χ3n) is 4.87. The highest BCUT2D eigenvalue weighted by Crippen LogP contribution is 2.30. The predicted molar refractivity (Wildman–Crippen MR) is 120 cm³/mol. The second kappa shape index (κ2) is 10.1. The van der Waals surface area contributed by atoms with Crippen LogP contribution in [0.25, 0.3) is 0 Å². The Balaban J connectivity index is 1.71. The summed E-state index contributed by atoms with van der Waals surface area (Å²) >= 11 is 7.42. The maximum absolute atomic E-state index is 13.0. The first-order valence-corrected chi connectivity index (χ1v) is 12.3. The predicted octanol–water partition coefficient (Wildman–Crippen LogP) is 3.66. The number of amides is 1. The standard InChI is InChI=1S/C20H26ClN3O4S2/c1-23(13-15-6-9-19(21)29-15)14-20(25)22-17-12-16(7-8-18(17)28-2)30(26,27)24-10-4-3-5-11-24/h6-9,12H,3-5,10-11,13-14H2,1-2H3,(H,22,25). The van der Waals surface area contributed by atoms with Crippen molar-refractivity contribution in [2.45, 2.75) is 30.7 Å². The average molecular weight is 472 g/mol. The lowest BCUT2D eigenvalue weighted by Crippen LogP contribution is -2.35. The van der Waals surface area contributed by atoms with Gasteiger partial charge in [0.15, 0.2) is 0 Å². The first kappa shape index (κ1) is 23.0. The van der Waals surface area contributed by atoms with Crippen molar-refractivity contribution >= 4 is 44.6 Å². The SMILES string of the molecule is COc1ccc(S(=O)(=O)N2CCCCC2)cc1NC(=O)CN(C)Cc1ccc(Cl)s1. The van der Waals surface area contributed by atoms with Gasteiger partial charge in [0.2, 0.25) is 15.9 Å². The number of carbonyl (C=O) groups is 1. The maximum atomic E-state index is 13.0. The number of nitrogens with zero attached hydrogens (tertiary/aromatic N) is 2. The molecule has 1 amide bonds. The largest absolute Gasteiger partial charge is 0.495 e. The fraction of sp³-hybridized carbons (Fsp3) is 0.450. The Morgan fingerprint density at radius 1 is 1.23 bits per heavy atom. The molecule has 0 bridgehead atoms. The molecule has 0 saturated carbocycles. The molecule has 0 radical (unpaired) electrons. The molecule has 7 nitrogen and oxygen atoms in total. The number of anilines is 1. The van der Waals surface area contributed by atoms with Crippen LogP contribution >= 0.6 is 22.9 Å². The number of likely N-dealkylation sites (N-methyl/N-ethyl adjacent to an activating group) is 1. The molecule has 164 valence electrons. The van der Waals surface area contributed by atoms with Crippen LogP contribution in [-0.2, 0) is 21.4 Å². The zero-order valence-corrected chi connectivity index (χ0v) is 19.4. The van der Waals surface area contributed by atoms with Crippen molar-refractivity contribution in [1.82, 2.24) is 9.21 Å². The van der Waals surface area contributed by atoms with Crippen LogP contribution in [0.4, 0.5) is 5.69 Å². The smallest absolute Gasteiger partial charge is 0.243 e. The van der Waals surface area contributed by atoms with Gasteiger partial charge in [0.25, 0.3) is 0 Å². The van der Waals surface area contributed by atoms with Gasteiger partial charge in [-0.3, -0.25) is 9.69 Å². The Bertz CT molecular complexity index is 988. The highest BCUT2D eigenvalue weighted by Gasteiger charge is 2.27. The van der Waals surface area contributed by atoms with Crippen molar-refractivity contribution in [2.24, 2.45) is 0 Å². The number of ether oxygens (including phenoxy) is 1. The van der Waals surface area contributed by atoms with E-state index >= 15 is 0 Å². The number of sulfonamides is 1. The van der Waals surface area contributed by atoms with Gasteiger partial charge >= 0.3 is 0 Å². The van der Waals surface area contributed by atoms with Gasteiger partial charge in [-0.2, -0.15) is 4.31 Å². The quantitative estimate of drug-likeness (QED) is 0.635.